The molecule has 0 spiro atoms. The van der Waals surface area contributed by atoms with Crippen LogP contribution >= 0.6 is 0 Å². The van der Waals surface area contributed by atoms with Crippen LogP contribution in [-0.2, 0) is 27.3 Å². The van der Waals surface area contributed by atoms with Crippen LogP contribution in [0.3, 0.4) is 0 Å². The number of hydrogen-bond acceptors (Lipinski definition) is 7. The van der Waals surface area contributed by atoms with Crippen LogP contribution in [0.15, 0.2) is 97.1 Å². The summed E-state index contributed by atoms with van der Waals surface area (Å²) in [6, 6.07) is 28.9. The molecular formula is C40H48N6O4. The molecule has 0 bridgehead atoms. The van der Waals surface area contributed by atoms with Crippen LogP contribution in [0.4, 0.5) is 0 Å². The lowest BCUT2D eigenvalue weighted by Crippen LogP contribution is -2.66. The fraction of sp³-hybridized carbons (Fsp3) is 0.375. The summed E-state index contributed by atoms with van der Waals surface area (Å²) in [5.74, 6) is 0.988. The molecule has 1 unspecified atom stereocenters. The molecule has 0 aromatic heterocycles. The summed E-state index contributed by atoms with van der Waals surface area (Å²) < 4.78 is 5.99. The van der Waals surface area contributed by atoms with Crippen molar-refractivity contribution in [2.24, 2.45) is 17.4 Å². The second kappa shape index (κ2) is 16.8. The summed E-state index contributed by atoms with van der Waals surface area (Å²) in [5, 5.41) is 8.60. The van der Waals surface area contributed by atoms with E-state index < -0.39 is 18.1 Å². The maximum atomic E-state index is 14.4. The smallest absolute Gasteiger partial charge is 0.246 e. The number of rotatable bonds is 14. The van der Waals surface area contributed by atoms with Crippen molar-refractivity contribution in [1.29, 1.82) is 0 Å². The number of para-hydroxylation sites is 1. The minimum absolute atomic E-state index is 0.0640. The molecule has 3 atom stereocenters. The van der Waals surface area contributed by atoms with E-state index in [1.54, 1.807) is 9.80 Å². The van der Waals surface area contributed by atoms with Crippen molar-refractivity contribution in [3.8, 4) is 11.5 Å². The summed E-state index contributed by atoms with van der Waals surface area (Å²) in [4.78, 5) is 45.7. The zero-order chi connectivity index (χ0) is 34.9. The fourth-order valence-corrected chi connectivity index (χ4v) is 6.95. The Bertz CT molecular complexity index is 1740. The van der Waals surface area contributed by atoms with Gasteiger partial charge in [-0.25, -0.2) is 0 Å². The summed E-state index contributed by atoms with van der Waals surface area (Å²) in [7, 11) is 0. The Hall–Kier alpha value is -4.77. The molecule has 0 aliphatic carbocycles. The quantitative estimate of drug-likeness (QED) is 0.158. The van der Waals surface area contributed by atoms with Crippen molar-refractivity contribution < 1.29 is 19.1 Å². The summed E-state index contributed by atoms with van der Waals surface area (Å²) in [6.45, 7) is 2.94. The lowest BCUT2D eigenvalue weighted by atomic mass is 9.95. The van der Waals surface area contributed by atoms with E-state index >= 15 is 0 Å². The third-order valence-electron chi connectivity index (χ3n) is 9.76. The van der Waals surface area contributed by atoms with E-state index in [0.29, 0.717) is 38.1 Å². The zero-order valence-corrected chi connectivity index (χ0v) is 28.5. The number of nitrogens with one attached hydrogen (secondary N) is 2. The van der Waals surface area contributed by atoms with Gasteiger partial charge in [0.1, 0.15) is 23.6 Å². The number of ether oxygens (including phenoxy) is 1. The normalized spacial score (nSPS) is 18.9. The molecule has 0 saturated carbocycles. The van der Waals surface area contributed by atoms with E-state index in [1.807, 2.05) is 91.0 Å². The van der Waals surface area contributed by atoms with Gasteiger partial charge in [-0.15, -0.1) is 0 Å². The third kappa shape index (κ3) is 8.87. The lowest BCUT2D eigenvalue weighted by molar-refractivity contribution is -0.152. The highest BCUT2D eigenvalue weighted by molar-refractivity contribution is 5.98. The van der Waals surface area contributed by atoms with Gasteiger partial charge in [0.2, 0.25) is 17.7 Å². The summed E-state index contributed by atoms with van der Waals surface area (Å²) in [6.07, 6.45) is 3.29. The molecule has 4 aromatic rings. The van der Waals surface area contributed by atoms with Crippen LogP contribution in [-0.4, -0.2) is 78.4 Å². The van der Waals surface area contributed by atoms with Crippen molar-refractivity contribution in [3.63, 3.8) is 0 Å². The lowest BCUT2D eigenvalue weighted by Gasteiger charge is -2.42. The van der Waals surface area contributed by atoms with Crippen LogP contribution in [0, 0.1) is 5.92 Å². The van der Waals surface area contributed by atoms with Gasteiger partial charge in [0.25, 0.3) is 0 Å². The molecule has 4 aromatic carbocycles. The number of hydrogen-bond donors (Lipinski definition) is 4. The van der Waals surface area contributed by atoms with Gasteiger partial charge in [-0.05, 0) is 97.4 Å². The maximum absolute atomic E-state index is 14.4. The molecule has 3 amide bonds. The van der Waals surface area contributed by atoms with Crippen molar-refractivity contribution in [3.05, 3.63) is 108 Å². The molecule has 0 radical (unpaired) electrons. The number of piperazine rings is 1. The van der Waals surface area contributed by atoms with Crippen molar-refractivity contribution >= 4 is 28.5 Å². The van der Waals surface area contributed by atoms with Gasteiger partial charge in [-0.2, -0.15) is 0 Å². The Morgan fingerprint density at radius 3 is 2.28 bits per heavy atom. The number of benzene rings is 4. The van der Waals surface area contributed by atoms with Gasteiger partial charge in [0.15, 0.2) is 0 Å². The Morgan fingerprint density at radius 1 is 0.860 bits per heavy atom. The number of carbonyl (C=O) groups excluding carboxylic acids is 3. The molecule has 6 rings (SSSR count). The van der Waals surface area contributed by atoms with Gasteiger partial charge >= 0.3 is 0 Å². The van der Waals surface area contributed by atoms with Crippen LogP contribution in [0.5, 0.6) is 11.5 Å². The average molecular weight is 677 g/mol. The topological polar surface area (TPSA) is 143 Å². The van der Waals surface area contributed by atoms with Gasteiger partial charge in [0.05, 0.1) is 12.6 Å². The summed E-state index contributed by atoms with van der Waals surface area (Å²) >= 11 is 0. The molecule has 262 valence electrons. The molecule has 2 aliphatic rings. The standard InChI is InChI=1S/C40H48N6O4/c41-20-6-11-35(42)39(48)45(25-29-18-21-43-22-19-29)27-37-38(47)44-36(24-30-12-15-31-7-4-5-8-32(31)23-30)40(49)46(37)26-28-13-16-34(17-14-28)50-33-9-2-1-3-10-33/h1-5,7-10,12-17,23,29,35-37,43H,6,11,18-22,24-27,41-42H2,(H,44,47)/t35?,36-,37-/m0/s1. The SMILES string of the molecule is NCCCC(N)C(=O)N(CC1CCNCC1)C[C@H]1C(=O)N[C@@H](Cc2ccc3ccccc3c2)C(=O)N1Cc1ccc(Oc2ccccc2)cc1. The fourth-order valence-electron chi connectivity index (χ4n) is 6.95. The molecule has 6 N–H and O–H groups in total. The Kier molecular flexibility index (Phi) is 11.8. The van der Waals surface area contributed by atoms with Gasteiger partial charge < -0.3 is 36.6 Å². The number of amides is 3. The van der Waals surface area contributed by atoms with Gasteiger partial charge in [0, 0.05) is 19.5 Å². The van der Waals surface area contributed by atoms with Crippen molar-refractivity contribution in [2.45, 2.75) is 56.8 Å². The highest BCUT2D eigenvalue weighted by Gasteiger charge is 2.42. The Balaban J connectivity index is 1.26. The number of carbonyl (C=O) groups is 3. The largest absolute Gasteiger partial charge is 0.457 e. The van der Waals surface area contributed by atoms with Gasteiger partial charge in [-0.1, -0.05) is 72.8 Å². The van der Waals surface area contributed by atoms with Crippen LogP contribution in [0.1, 0.15) is 36.8 Å². The Labute approximate surface area is 294 Å². The molecular weight excluding hydrogens is 628 g/mol. The molecule has 2 saturated heterocycles. The van der Waals surface area contributed by atoms with E-state index in [2.05, 4.69) is 16.7 Å². The average Bonchev–Trinajstić information content (AvgIpc) is 3.14. The molecule has 2 heterocycles. The zero-order valence-electron chi connectivity index (χ0n) is 28.5. The predicted octanol–water partition coefficient (Wildman–Crippen LogP) is 3.96. The molecule has 2 fully saturated rings. The van der Waals surface area contributed by atoms with Crippen LogP contribution < -0.4 is 26.8 Å². The first-order chi connectivity index (χ1) is 24.4. The molecule has 2 aliphatic heterocycles. The van der Waals surface area contributed by atoms with Crippen molar-refractivity contribution in [1.82, 2.24) is 20.4 Å². The first-order valence-electron chi connectivity index (χ1n) is 17.7. The van der Waals surface area contributed by atoms with Gasteiger partial charge in [-0.3, -0.25) is 14.4 Å². The number of nitrogens with zero attached hydrogens (tertiary/aromatic N) is 2. The molecule has 10 heteroatoms. The number of piperidine rings is 1. The van der Waals surface area contributed by atoms with E-state index in [-0.39, 0.29) is 36.7 Å². The molecule has 10 nitrogen and oxygen atoms in total. The van der Waals surface area contributed by atoms with E-state index in [0.717, 1.165) is 53.6 Å². The second-order valence-electron chi connectivity index (χ2n) is 13.5. The Morgan fingerprint density at radius 2 is 1.54 bits per heavy atom. The first kappa shape index (κ1) is 35.1. The second-order valence-corrected chi connectivity index (χ2v) is 13.5. The maximum Gasteiger partial charge on any atom is 0.246 e. The van der Waals surface area contributed by atoms with E-state index in [4.69, 9.17) is 16.2 Å². The van der Waals surface area contributed by atoms with E-state index in [1.165, 1.54) is 0 Å². The first-order valence-corrected chi connectivity index (χ1v) is 17.7. The van der Waals surface area contributed by atoms with Crippen LogP contribution in [0.2, 0.25) is 0 Å². The minimum atomic E-state index is -0.886. The number of fused-ring (bicyclic) bond motifs is 1. The minimum Gasteiger partial charge on any atom is -0.457 e. The highest BCUT2D eigenvalue weighted by Crippen LogP contribution is 2.25. The van der Waals surface area contributed by atoms with Crippen molar-refractivity contribution in [2.75, 3.05) is 32.7 Å². The number of nitrogens with two attached hydrogens (primary N) is 2. The molecule has 50 heavy (non-hydrogen) atoms. The monoisotopic (exact) mass is 676 g/mol. The predicted molar refractivity (Wildman–Crippen MR) is 195 cm³/mol. The summed E-state index contributed by atoms with van der Waals surface area (Å²) in [5.41, 5.74) is 13.9. The van der Waals surface area contributed by atoms with E-state index in [9.17, 15) is 14.4 Å². The highest BCUT2D eigenvalue weighted by atomic mass is 16.5. The third-order valence-corrected chi connectivity index (χ3v) is 9.76. The van der Waals surface area contributed by atoms with Crippen LogP contribution in [0.25, 0.3) is 10.8 Å².